The summed E-state index contributed by atoms with van der Waals surface area (Å²) in [4.78, 5) is 4.09. The van der Waals surface area contributed by atoms with E-state index in [-0.39, 0.29) is 11.1 Å². The minimum Gasteiger partial charge on any atom is -0.326 e. The number of sulfonamides is 1. The van der Waals surface area contributed by atoms with Crippen molar-refractivity contribution in [2.45, 2.75) is 49.7 Å². The van der Waals surface area contributed by atoms with Crippen molar-refractivity contribution in [2.75, 3.05) is 6.54 Å². The van der Waals surface area contributed by atoms with E-state index in [0.717, 1.165) is 31.2 Å². The molecule has 0 bridgehead atoms. The molecular formula is C14H21N3O2S. The van der Waals surface area contributed by atoms with Crippen molar-refractivity contribution in [3.63, 3.8) is 0 Å². The van der Waals surface area contributed by atoms with E-state index in [1.54, 1.807) is 22.6 Å². The van der Waals surface area contributed by atoms with Gasteiger partial charge in [-0.15, -0.1) is 0 Å². The quantitative estimate of drug-likeness (QED) is 0.916. The van der Waals surface area contributed by atoms with Gasteiger partial charge in [0.05, 0.1) is 0 Å². The molecule has 110 valence electrons. The van der Waals surface area contributed by atoms with Crippen LogP contribution in [-0.4, -0.2) is 30.3 Å². The second-order valence-corrected chi connectivity index (χ2v) is 7.56. The number of rotatable bonds is 3. The summed E-state index contributed by atoms with van der Waals surface area (Å²) < 4.78 is 27.1. The standard InChI is InChI=1S/C14H21N3O2S/c15-9-11-5-6-14(16-10-11)20(18,19)17-8-7-12-3-1-2-4-13(12)17/h5-6,10,12-13H,1-4,7-9,15H2. The summed E-state index contributed by atoms with van der Waals surface area (Å²) in [6.07, 6.45) is 7.07. The second-order valence-electron chi connectivity index (χ2n) is 5.73. The van der Waals surface area contributed by atoms with E-state index < -0.39 is 10.0 Å². The van der Waals surface area contributed by atoms with Crippen molar-refractivity contribution in [2.24, 2.45) is 11.7 Å². The van der Waals surface area contributed by atoms with E-state index in [0.29, 0.717) is 19.0 Å². The topological polar surface area (TPSA) is 76.3 Å². The first kappa shape index (κ1) is 14.0. The first-order valence-corrected chi connectivity index (χ1v) is 8.74. The Bertz CT molecular complexity index is 571. The van der Waals surface area contributed by atoms with E-state index >= 15 is 0 Å². The maximum Gasteiger partial charge on any atom is 0.260 e. The van der Waals surface area contributed by atoms with Gasteiger partial charge in [-0.05, 0) is 36.8 Å². The van der Waals surface area contributed by atoms with Crippen LogP contribution in [0.25, 0.3) is 0 Å². The van der Waals surface area contributed by atoms with Gasteiger partial charge in [0, 0.05) is 25.3 Å². The minimum absolute atomic E-state index is 0.154. The lowest BCUT2D eigenvalue weighted by Gasteiger charge is -2.30. The molecule has 1 aromatic rings. The molecule has 2 N–H and O–H groups in total. The van der Waals surface area contributed by atoms with Gasteiger partial charge in [-0.3, -0.25) is 0 Å². The highest BCUT2D eigenvalue weighted by molar-refractivity contribution is 7.89. The van der Waals surface area contributed by atoms with E-state index in [1.165, 1.54) is 6.42 Å². The number of aromatic nitrogens is 1. The van der Waals surface area contributed by atoms with Gasteiger partial charge in [-0.2, -0.15) is 4.31 Å². The fraction of sp³-hybridized carbons (Fsp3) is 0.643. The third kappa shape index (κ3) is 2.36. The Hall–Kier alpha value is -0.980. The van der Waals surface area contributed by atoms with Gasteiger partial charge in [0.15, 0.2) is 5.03 Å². The largest absolute Gasteiger partial charge is 0.326 e. The van der Waals surface area contributed by atoms with E-state index in [9.17, 15) is 8.42 Å². The van der Waals surface area contributed by atoms with Crippen LogP contribution in [0.15, 0.2) is 23.4 Å². The normalized spacial score (nSPS) is 27.4. The van der Waals surface area contributed by atoms with Crippen molar-refractivity contribution >= 4 is 10.0 Å². The Labute approximate surface area is 120 Å². The molecule has 2 atom stereocenters. The van der Waals surface area contributed by atoms with Gasteiger partial charge in [-0.25, -0.2) is 13.4 Å². The van der Waals surface area contributed by atoms with Gasteiger partial charge in [0.2, 0.25) is 0 Å². The highest BCUT2D eigenvalue weighted by atomic mass is 32.2. The molecule has 20 heavy (non-hydrogen) atoms. The fourth-order valence-electron chi connectivity index (χ4n) is 3.47. The number of nitrogens with two attached hydrogens (primary N) is 1. The molecule has 1 saturated carbocycles. The maximum atomic E-state index is 12.7. The van der Waals surface area contributed by atoms with Crippen molar-refractivity contribution in [3.05, 3.63) is 23.9 Å². The fourth-order valence-corrected chi connectivity index (χ4v) is 5.11. The Morgan fingerprint density at radius 3 is 2.75 bits per heavy atom. The van der Waals surface area contributed by atoms with Crippen LogP contribution in [0.3, 0.4) is 0 Å². The Morgan fingerprint density at radius 2 is 2.05 bits per heavy atom. The molecule has 2 aliphatic rings. The first-order valence-electron chi connectivity index (χ1n) is 7.30. The SMILES string of the molecule is NCc1ccc(S(=O)(=O)N2CCC3CCCCC32)nc1. The molecule has 1 aliphatic carbocycles. The van der Waals surface area contributed by atoms with Crippen LogP contribution in [0.2, 0.25) is 0 Å². The summed E-state index contributed by atoms with van der Waals surface area (Å²) in [5, 5.41) is 0.154. The number of hydrogen-bond donors (Lipinski definition) is 1. The molecule has 6 heteroatoms. The molecule has 5 nitrogen and oxygen atoms in total. The molecular weight excluding hydrogens is 274 g/mol. The van der Waals surface area contributed by atoms with Gasteiger partial charge in [-0.1, -0.05) is 18.9 Å². The van der Waals surface area contributed by atoms with Crippen LogP contribution in [0, 0.1) is 5.92 Å². The molecule has 0 aromatic carbocycles. The van der Waals surface area contributed by atoms with Crippen molar-refractivity contribution in [1.29, 1.82) is 0 Å². The molecule has 0 radical (unpaired) electrons. The summed E-state index contributed by atoms with van der Waals surface area (Å²) in [5.74, 6) is 0.543. The lowest BCUT2D eigenvalue weighted by molar-refractivity contribution is 0.260. The number of hydrogen-bond acceptors (Lipinski definition) is 4. The molecule has 1 aliphatic heterocycles. The first-order chi connectivity index (χ1) is 9.63. The van der Waals surface area contributed by atoms with Gasteiger partial charge >= 0.3 is 0 Å². The Balaban J connectivity index is 1.87. The van der Waals surface area contributed by atoms with Crippen molar-refractivity contribution < 1.29 is 8.42 Å². The maximum absolute atomic E-state index is 12.7. The zero-order chi connectivity index (χ0) is 14.2. The van der Waals surface area contributed by atoms with Crippen LogP contribution in [-0.2, 0) is 16.6 Å². The molecule has 3 rings (SSSR count). The number of pyridine rings is 1. The highest BCUT2D eigenvalue weighted by Crippen LogP contribution is 2.38. The third-order valence-corrected chi connectivity index (χ3v) is 6.41. The van der Waals surface area contributed by atoms with Gasteiger partial charge in [0.25, 0.3) is 10.0 Å². The molecule has 2 unspecified atom stereocenters. The Kier molecular flexibility index (Phi) is 3.79. The van der Waals surface area contributed by atoms with Crippen LogP contribution >= 0.6 is 0 Å². The summed E-state index contributed by atoms with van der Waals surface area (Å²) in [5.41, 5.74) is 6.37. The minimum atomic E-state index is -3.45. The molecule has 0 amide bonds. The highest BCUT2D eigenvalue weighted by Gasteiger charge is 2.42. The van der Waals surface area contributed by atoms with E-state index in [4.69, 9.17) is 5.73 Å². The predicted octanol–water partition coefficient (Wildman–Crippen LogP) is 1.49. The monoisotopic (exact) mass is 295 g/mol. The van der Waals surface area contributed by atoms with Crippen LogP contribution in [0.5, 0.6) is 0 Å². The molecule has 1 saturated heterocycles. The lowest BCUT2D eigenvalue weighted by atomic mass is 9.86. The van der Waals surface area contributed by atoms with Crippen molar-refractivity contribution in [1.82, 2.24) is 9.29 Å². The lowest BCUT2D eigenvalue weighted by Crippen LogP contribution is -2.39. The summed E-state index contributed by atoms with van der Waals surface area (Å²) in [7, 11) is -3.45. The van der Waals surface area contributed by atoms with Crippen molar-refractivity contribution in [3.8, 4) is 0 Å². The summed E-state index contributed by atoms with van der Waals surface area (Å²) in [6, 6.07) is 3.51. The summed E-state index contributed by atoms with van der Waals surface area (Å²) in [6.45, 7) is 1.01. The molecule has 0 spiro atoms. The third-order valence-electron chi connectivity index (χ3n) is 4.57. The smallest absolute Gasteiger partial charge is 0.260 e. The average Bonchev–Trinajstić information content (AvgIpc) is 2.92. The van der Waals surface area contributed by atoms with Gasteiger partial charge in [0.1, 0.15) is 0 Å². The van der Waals surface area contributed by atoms with E-state index in [2.05, 4.69) is 4.98 Å². The zero-order valence-electron chi connectivity index (χ0n) is 11.5. The van der Waals surface area contributed by atoms with Crippen LogP contribution in [0.1, 0.15) is 37.7 Å². The molecule has 2 fully saturated rings. The average molecular weight is 295 g/mol. The second kappa shape index (κ2) is 5.42. The summed E-state index contributed by atoms with van der Waals surface area (Å²) >= 11 is 0. The Morgan fingerprint density at radius 1 is 1.25 bits per heavy atom. The zero-order valence-corrected chi connectivity index (χ0v) is 12.3. The van der Waals surface area contributed by atoms with Crippen LogP contribution in [0.4, 0.5) is 0 Å². The predicted molar refractivity (Wildman–Crippen MR) is 76.4 cm³/mol. The molecule has 2 heterocycles. The number of nitrogens with zero attached hydrogens (tertiary/aromatic N) is 2. The van der Waals surface area contributed by atoms with Crippen LogP contribution < -0.4 is 5.73 Å². The molecule has 1 aromatic heterocycles. The number of fused-ring (bicyclic) bond motifs is 1. The van der Waals surface area contributed by atoms with E-state index in [1.807, 2.05) is 0 Å². The van der Waals surface area contributed by atoms with Gasteiger partial charge < -0.3 is 5.73 Å².